The summed E-state index contributed by atoms with van der Waals surface area (Å²) in [4.78, 5) is 33.3. The Kier molecular flexibility index (Phi) is 7.08. The Balaban J connectivity index is 2.09. The molecule has 0 fully saturated rings. The van der Waals surface area contributed by atoms with E-state index in [9.17, 15) is 19.5 Å². The lowest BCUT2D eigenvalue weighted by Gasteiger charge is -2.20. The number of nitrogens with one attached hydrogen (secondary N) is 1. The fraction of sp³-hybridized carbons (Fsp3) is 0.250. The van der Waals surface area contributed by atoms with Gasteiger partial charge < -0.3 is 20.6 Å². The van der Waals surface area contributed by atoms with E-state index in [4.69, 9.17) is 10.2 Å². The molecular weight excluding hydrogens is 350 g/mol. The Morgan fingerprint density at radius 2 is 1.48 bits per heavy atom. The zero-order valence-electron chi connectivity index (χ0n) is 14.5. The molecule has 7 heteroatoms. The predicted molar refractivity (Wildman–Crippen MR) is 98.0 cm³/mol. The molecule has 0 spiro atoms. The molecule has 4 N–H and O–H groups in total. The number of hydrogen-bond donors (Lipinski definition) is 4. The maximum Gasteiger partial charge on any atom is 0.332 e. The van der Waals surface area contributed by atoms with E-state index in [1.54, 1.807) is 0 Å². The van der Waals surface area contributed by atoms with Gasteiger partial charge in [0.1, 0.15) is 6.42 Å². The van der Waals surface area contributed by atoms with Crippen molar-refractivity contribution in [1.82, 2.24) is 5.32 Å². The Morgan fingerprint density at radius 1 is 0.889 bits per heavy atom. The molecule has 0 saturated heterocycles. The predicted octanol–water partition coefficient (Wildman–Crippen LogP) is 1.69. The minimum absolute atomic E-state index is 0.221. The summed E-state index contributed by atoms with van der Waals surface area (Å²) in [6.07, 6.45) is -2.32. The molecule has 0 bridgehead atoms. The molecule has 2 atom stereocenters. The molecule has 0 saturated carbocycles. The fourth-order valence-electron chi connectivity index (χ4n) is 2.73. The van der Waals surface area contributed by atoms with Crippen molar-refractivity contribution >= 4 is 17.8 Å². The normalized spacial score (nSPS) is 12.8. The molecule has 142 valence electrons. The van der Waals surface area contributed by atoms with Gasteiger partial charge >= 0.3 is 11.9 Å². The topological polar surface area (TPSA) is 124 Å². The SMILES string of the molecule is O=C(O)CC(=O)NC(Cc1ccc(-c2ccccc2)cc1)CC(O)C(=O)O. The molecule has 7 nitrogen and oxygen atoms in total. The molecule has 0 aromatic heterocycles. The van der Waals surface area contributed by atoms with E-state index in [2.05, 4.69) is 5.32 Å². The van der Waals surface area contributed by atoms with Crippen molar-refractivity contribution in [3.8, 4) is 11.1 Å². The molecular formula is C20H21NO6. The molecule has 0 aliphatic rings. The number of carbonyl (C=O) groups is 3. The van der Waals surface area contributed by atoms with Gasteiger partial charge in [-0.1, -0.05) is 54.6 Å². The van der Waals surface area contributed by atoms with Gasteiger partial charge in [0.15, 0.2) is 6.10 Å². The van der Waals surface area contributed by atoms with Crippen LogP contribution in [0.1, 0.15) is 18.4 Å². The molecule has 2 aromatic carbocycles. The van der Waals surface area contributed by atoms with Crippen molar-refractivity contribution in [3.63, 3.8) is 0 Å². The summed E-state index contributed by atoms with van der Waals surface area (Å²) >= 11 is 0. The average Bonchev–Trinajstić information content (AvgIpc) is 2.62. The minimum Gasteiger partial charge on any atom is -0.481 e. The second-order valence-electron chi connectivity index (χ2n) is 6.19. The van der Waals surface area contributed by atoms with Crippen LogP contribution in [0.15, 0.2) is 54.6 Å². The number of aliphatic carboxylic acids is 2. The lowest BCUT2D eigenvalue weighted by atomic mass is 9.97. The third-order valence-corrected chi connectivity index (χ3v) is 4.01. The van der Waals surface area contributed by atoms with Crippen LogP contribution < -0.4 is 5.32 Å². The quantitative estimate of drug-likeness (QED) is 0.497. The van der Waals surface area contributed by atoms with Gasteiger partial charge in [-0.25, -0.2) is 4.79 Å². The number of carbonyl (C=O) groups excluding carboxylic acids is 1. The number of aliphatic hydroxyl groups is 1. The van der Waals surface area contributed by atoms with Gasteiger partial charge in [0.05, 0.1) is 0 Å². The van der Waals surface area contributed by atoms with Gasteiger partial charge in [0, 0.05) is 12.5 Å². The molecule has 0 radical (unpaired) electrons. The first-order valence-corrected chi connectivity index (χ1v) is 8.41. The van der Waals surface area contributed by atoms with Crippen LogP contribution in [0.3, 0.4) is 0 Å². The lowest BCUT2D eigenvalue weighted by molar-refractivity contribution is -0.148. The van der Waals surface area contributed by atoms with Gasteiger partial charge in [-0.05, 0) is 23.1 Å². The summed E-state index contributed by atoms with van der Waals surface area (Å²) in [5, 5.41) is 29.7. The standard InChI is InChI=1S/C20H21NO6/c22-17(20(26)27)11-16(21-18(23)12-19(24)25)10-13-6-8-15(9-7-13)14-4-2-1-3-5-14/h1-9,16-17,22H,10-12H2,(H,21,23)(H,24,25)(H,26,27). The Hall–Kier alpha value is -3.19. The second-order valence-corrected chi connectivity index (χ2v) is 6.19. The van der Waals surface area contributed by atoms with E-state index in [-0.39, 0.29) is 12.8 Å². The Labute approximate surface area is 156 Å². The van der Waals surface area contributed by atoms with Crippen molar-refractivity contribution in [1.29, 1.82) is 0 Å². The Bertz CT molecular complexity index is 788. The third kappa shape index (κ3) is 6.56. The van der Waals surface area contributed by atoms with Crippen LogP contribution >= 0.6 is 0 Å². The van der Waals surface area contributed by atoms with Crippen molar-refractivity contribution in [3.05, 3.63) is 60.2 Å². The molecule has 1 amide bonds. The van der Waals surface area contributed by atoms with Gasteiger partial charge in [-0.15, -0.1) is 0 Å². The van der Waals surface area contributed by atoms with Crippen LogP contribution in [0.2, 0.25) is 0 Å². The summed E-state index contributed by atoms with van der Waals surface area (Å²) in [5.41, 5.74) is 2.89. The van der Waals surface area contributed by atoms with E-state index in [0.29, 0.717) is 0 Å². The van der Waals surface area contributed by atoms with Crippen molar-refractivity contribution < 1.29 is 29.7 Å². The molecule has 2 rings (SSSR count). The smallest absolute Gasteiger partial charge is 0.332 e. The maximum absolute atomic E-state index is 11.7. The summed E-state index contributed by atoms with van der Waals surface area (Å²) < 4.78 is 0. The van der Waals surface area contributed by atoms with Crippen LogP contribution in [0.4, 0.5) is 0 Å². The highest BCUT2D eigenvalue weighted by Gasteiger charge is 2.22. The highest BCUT2D eigenvalue weighted by Crippen LogP contribution is 2.20. The highest BCUT2D eigenvalue weighted by molar-refractivity contribution is 5.93. The second kappa shape index (κ2) is 9.49. The number of hydrogen-bond acceptors (Lipinski definition) is 4. The molecule has 0 aliphatic heterocycles. The molecule has 27 heavy (non-hydrogen) atoms. The van der Waals surface area contributed by atoms with Crippen LogP contribution in [-0.2, 0) is 20.8 Å². The van der Waals surface area contributed by atoms with Gasteiger partial charge in [-0.2, -0.15) is 0 Å². The number of aliphatic hydroxyl groups excluding tert-OH is 1. The molecule has 0 aliphatic carbocycles. The summed E-state index contributed by atoms with van der Waals surface area (Å²) in [6, 6.07) is 16.6. The summed E-state index contributed by atoms with van der Waals surface area (Å²) in [6.45, 7) is 0. The monoisotopic (exact) mass is 371 g/mol. The first-order chi connectivity index (χ1) is 12.8. The zero-order chi connectivity index (χ0) is 19.8. The zero-order valence-corrected chi connectivity index (χ0v) is 14.5. The van der Waals surface area contributed by atoms with E-state index in [1.165, 1.54) is 0 Å². The molecule has 2 aromatic rings. The van der Waals surface area contributed by atoms with Crippen molar-refractivity contribution in [2.75, 3.05) is 0 Å². The van der Waals surface area contributed by atoms with Crippen molar-refractivity contribution in [2.24, 2.45) is 0 Å². The fourth-order valence-corrected chi connectivity index (χ4v) is 2.73. The van der Waals surface area contributed by atoms with Gasteiger partial charge in [0.25, 0.3) is 0 Å². The highest BCUT2D eigenvalue weighted by atomic mass is 16.4. The largest absolute Gasteiger partial charge is 0.481 e. The van der Waals surface area contributed by atoms with E-state index < -0.39 is 36.4 Å². The number of carboxylic acids is 2. The van der Waals surface area contributed by atoms with E-state index in [1.807, 2.05) is 54.6 Å². The number of benzene rings is 2. The third-order valence-electron chi connectivity index (χ3n) is 4.01. The van der Waals surface area contributed by atoms with Crippen molar-refractivity contribution in [2.45, 2.75) is 31.4 Å². The number of rotatable bonds is 9. The summed E-state index contributed by atoms with van der Waals surface area (Å²) in [5.74, 6) is -3.41. The number of carboxylic acid groups (broad SMARTS) is 2. The van der Waals surface area contributed by atoms with Crippen LogP contribution in [0, 0.1) is 0 Å². The summed E-state index contributed by atoms with van der Waals surface area (Å²) in [7, 11) is 0. The first-order valence-electron chi connectivity index (χ1n) is 8.41. The Morgan fingerprint density at radius 3 is 2.04 bits per heavy atom. The minimum atomic E-state index is -1.65. The first kappa shape index (κ1) is 20.1. The average molecular weight is 371 g/mol. The van der Waals surface area contributed by atoms with Gasteiger partial charge in [0.2, 0.25) is 5.91 Å². The number of amides is 1. The van der Waals surface area contributed by atoms with Crippen LogP contribution in [0.5, 0.6) is 0 Å². The van der Waals surface area contributed by atoms with Gasteiger partial charge in [-0.3, -0.25) is 9.59 Å². The van der Waals surface area contributed by atoms with E-state index in [0.717, 1.165) is 16.7 Å². The molecule has 0 heterocycles. The maximum atomic E-state index is 11.7. The van der Waals surface area contributed by atoms with E-state index >= 15 is 0 Å². The van der Waals surface area contributed by atoms with Crippen LogP contribution in [-0.4, -0.2) is 45.3 Å². The lowest BCUT2D eigenvalue weighted by Crippen LogP contribution is -2.41. The van der Waals surface area contributed by atoms with Crippen LogP contribution in [0.25, 0.3) is 11.1 Å². The molecule has 2 unspecified atom stereocenters.